The van der Waals surface area contributed by atoms with E-state index >= 15 is 0 Å². The normalized spacial score (nSPS) is 10.1. The van der Waals surface area contributed by atoms with Gasteiger partial charge in [-0.15, -0.1) is 0 Å². The van der Waals surface area contributed by atoms with Crippen LogP contribution in [-0.2, 0) is 0 Å². The Morgan fingerprint density at radius 2 is 1.56 bits per heavy atom. The van der Waals surface area contributed by atoms with Crippen molar-refractivity contribution < 1.29 is 8.78 Å². The van der Waals surface area contributed by atoms with E-state index in [1.54, 1.807) is 13.0 Å². The lowest BCUT2D eigenvalue weighted by molar-refractivity contribution is 0.151. The van der Waals surface area contributed by atoms with Crippen molar-refractivity contribution in [1.82, 2.24) is 0 Å². The standard InChI is InChI=1S/C12H10F2.C2H6/c1-8-10-5-3-2-4-9(10)6-7-11(8)12(13)14;1-2/h2-7,12H,1H3;1-2H3. The van der Waals surface area contributed by atoms with E-state index < -0.39 is 6.43 Å². The van der Waals surface area contributed by atoms with Crippen molar-refractivity contribution >= 4 is 10.8 Å². The molecule has 0 nitrogen and oxygen atoms in total. The molecule has 0 aliphatic rings. The van der Waals surface area contributed by atoms with Gasteiger partial charge in [0.25, 0.3) is 6.43 Å². The van der Waals surface area contributed by atoms with Crippen LogP contribution >= 0.6 is 0 Å². The number of aryl methyl sites for hydroxylation is 1. The molecule has 0 unspecified atom stereocenters. The first-order chi connectivity index (χ1) is 7.70. The molecule has 0 saturated carbocycles. The molecule has 0 heterocycles. The van der Waals surface area contributed by atoms with Gasteiger partial charge in [0.2, 0.25) is 0 Å². The Morgan fingerprint density at radius 1 is 0.938 bits per heavy atom. The van der Waals surface area contributed by atoms with Gasteiger partial charge in [-0.2, -0.15) is 0 Å². The number of rotatable bonds is 1. The van der Waals surface area contributed by atoms with Gasteiger partial charge in [-0.1, -0.05) is 50.2 Å². The molecule has 86 valence electrons. The lowest BCUT2D eigenvalue weighted by Gasteiger charge is -2.07. The number of benzene rings is 2. The zero-order chi connectivity index (χ0) is 12.1. The Labute approximate surface area is 94.9 Å². The van der Waals surface area contributed by atoms with Crippen molar-refractivity contribution in [3.05, 3.63) is 47.5 Å². The van der Waals surface area contributed by atoms with Gasteiger partial charge in [-0.05, 0) is 23.3 Å². The Morgan fingerprint density at radius 3 is 2.19 bits per heavy atom. The summed E-state index contributed by atoms with van der Waals surface area (Å²) in [5.41, 5.74) is 0.807. The minimum Gasteiger partial charge on any atom is -0.205 e. The monoisotopic (exact) mass is 222 g/mol. The second kappa shape index (κ2) is 5.59. The van der Waals surface area contributed by atoms with E-state index in [2.05, 4.69) is 0 Å². The molecule has 0 radical (unpaired) electrons. The van der Waals surface area contributed by atoms with E-state index in [4.69, 9.17) is 0 Å². The molecule has 0 amide bonds. The first-order valence-electron chi connectivity index (χ1n) is 5.46. The topological polar surface area (TPSA) is 0 Å². The summed E-state index contributed by atoms with van der Waals surface area (Å²) >= 11 is 0. The number of hydrogen-bond acceptors (Lipinski definition) is 0. The number of hydrogen-bond donors (Lipinski definition) is 0. The van der Waals surface area contributed by atoms with Gasteiger partial charge < -0.3 is 0 Å². The van der Waals surface area contributed by atoms with Crippen LogP contribution in [0.25, 0.3) is 10.8 Å². The summed E-state index contributed by atoms with van der Waals surface area (Å²) in [7, 11) is 0. The van der Waals surface area contributed by atoms with Gasteiger partial charge in [0.15, 0.2) is 0 Å². The van der Waals surface area contributed by atoms with Gasteiger partial charge in [-0.3, -0.25) is 0 Å². The molecule has 2 aromatic rings. The molecule has 2 rings (SSSR count). The first-order valence-corrected chi connectivity index (χ1v) is 5.46. The van der Waals surface area contributed by atoms with Crippen molar-refractivity contribution in [3.63, 3.8) is 0 Å². The van der Waals surface area contributed by atoms with Crippen LogP contribution in [0.3, 0.4) is 0 Å². The Balaban J connectivity index is 0.000000606. The zero-order valence-electron chi connectivity index (χ0n) is 9.80. The van der Waals surface area contributed by atoms with Crippen molar-refractivity contribution in [2.24, 2.45) is 0 Å². The molecular formula is C14H16F2. The van der Waals surface area contributed by atoms with Gasteiger partial charge in [0, 0.05) is 5.56 Å². The number of halogens is 2. The van der Waals surface area contributed by atoms with E-state index in [9.17, 15) is 8.78 Å². The van der Waals surface area contributed by atoms with Crippen LogP contribution in [0.5, 0.6) is 0 Å². The van der Waals surface area contributed by atoms with Crippen LogP contribution in [0, 0.1) is 6.92 Å². The second-order valence-corrected chi connectivity index (χ2v) is 3.30. The zero-order valence-corrected chi connectivity index (χ0v) is 9.80. The van der Waals surface area contributed by atoms with Gasteiger partial charge >= 0.3 is 0 Å². The summed E-state index contributed by atoms with van der Waals surface area (Å²) in [5, 5.41) is 1.92. The highest BCUT2D eigenvalue weighted by atomic mass is 19.3. The van der Waals surface area contributed by atoms with Crippen LogP contribution < -0.4 is 0 Å². The Kier molecular flexibility index (Phi) is 4.41. The molecule has 2 aromatic carbocycles. The number of alkyl halides is 2. The van der Waals surface area contributed by atoms with Crippen LogP contribution in [0.2, 0.25) is 0 Å². The molecule has 2 heteroatoms. The summed E-state index contributed by atoms with van der Waals surface area (Å²) in [6.07, 6.45) is -2.39. The van der Waals surface area contributed by atoms with E-state index in [-0.39, 0.29) is 5.56 Å². The SMILES string of the molecule is CC.Cc1c(C(F)F)ccc2ccccc12. The van der Waals surface area contributed by atoms with Crippen LogP contribution in [-0.4, -0.2) is 0 Å². The fraction of sp³-hybridized carbons (Fsp3) is 0.286. The van der Waals surface area contributed by atoms with Gasteiger partial charge in [0.05, 0.1) is 0 Å². The van der Waals surface area contributed by atoms with Crippen molar-refractivity contribution in [1.29, 1.82) is 0 Å². The number of fused-ring (bicyclic) bond motifs is 1. The van der Waals surface area contributed by atoms with E-state index in [1.807, 2.05) is 38.1 Å². The Bertz CT molecular complexity index is 461. The predicted molar refractivity (Wildman–Crippen MR) is 65.0 cm³/mol. The molecule has 0 aliphatic carbocycles. The molecule has 0 aliphatic heterocycles. The summed E-state index contributed by atoms with van der Waals surface area (Å²) in [6, 6.07) is 10.8. The maximum Gasteiger partial charge on any atom is 0.264 e. The predicted octanol–water partition coefficient (Wildman–Crippen LogP) is 5.11. The second-order valence-electron chi connectivity index (χ2n) is 3.30. The summed E-state index contributed by atoms with van der Waals surface area (Å²) in [6.45, 7) is 5.74. The molecular weight excluding hydrogens is 206 g/mol. The van der Waals surface area contributed by atoms with E-state index in [0.717, 1.165) is 10.8 Å². The molecule has 0 saturated heterocycles. The van der Waals surface area contributed by atoms with Crippen molar-refractivity contribution in [2.75, 3.05) is 0 Å². The smallest absolute Gasteiger partial charge is 0.205 e. The third-order valence-corrected chi connectivity index (χ3v) is 2.48. The molecule has 0 fully saturated rings. The molecule has 0 spiro atoms. The van der Waals surface area contributed by atoms with Crippen LogP contribution in [0.15, 0.2) is 36.4 Å². The fourth-order valence-corrected chi connectivity index (χ4v) is 1.68. The summed E-state index contributed by atoms with van der Waals surface area (Å²) in [4.78, 5) is 0. The van der Waals surface area contributed by atoms with E-state index in [1.165, 1.54) is 6.07 Å². The minimum atomic E-state index is -2.39. The van der Waals surface area contributed by atoms with Gasteiger partial charge in [0.1, 0.15) is 0 Å². The fourth-order valence-electron chi connectivity index (χ4n) is 1.68. The molecule has 16 heavy (non-hydrogen) atoms. The maximum absolute atomic E-state index is 12.6. The van der Waals surface area contributed by atoms with E-state index in [0.29, 0.717) is 5.56 Å². The third-order valence-electron chi connectivity index (χ3n) is 2.48. The van der Waals surface area contributed by atoms with Gasteiger partial charge in [-0.25, -0.2) is 8.78 Å². The highest BCUT2D eigenvalue weighted by molar-refractivity contribution is 5.86. The van der Waals surface area contributed by atoms with Crippen molar-refractivity contribution in [3.8, 4) is 0 Å². The molecule has 0 atom stereocenters. The molecule has 0 aromatic heterocycles. The molecule has 0 bridgehead atoms. The highest BCUT2D eigenvalue weighted by Gasteiger charge is 2.11. The summed E-state index contributed by atoms with van der Waals surface area (Å²) < 4.78 is 25.1. The highest BCUT2D eigenvalue weighted by Crippen LogP contribution is 2.28. The van der Waals surface area contributed by atoms with Crippen LogP contribution in [0.1, 0.15) is 31.4 Å². The average Bonchev–Trinajstić information content (AvgIpc) is 2.32. The third kappa shape index (κ3) is 2.38. The van der Waals surface area contributed by atoms with Crippen molar-refractivity contribution in [2.45, 2.75) is 27.2 Å². The lowest BCUT2D eigenvalue weighted by Crippen LogP contribution is -1.90. The summed E-state index contributed by atoms with van der Waals surface area (Å²) in [5.74, 6) is 0. The average molecular weight is 222 g/mol. The van der Waals surface area contributed by atoms with Crippen LogP contribution in [0.4, 0.5) is 8.78 Å². The quantitative estimate of drug-likeness (QED) is 0.628. The minimum absolute atomic E-state index is 0.128. The lowest BCUT2D eigenvalue weighted by atomic mass is 10.0. The largest absolute Gasteiger partial charge is 0.264 e. The maximum atomic E-state index is 12.6. The Hall–Kier alpha value is -1.44. The first kappa shape index (κ1) is 12.6. The molecule has 0 N–H and O–H groups in total.